The van der Waals surface area contributed by atoms with E-state index in [1.807, 2.05) is 18.2 Å². The van der Waals surface area contributed by atoms with Gasteiger partial charge in [0.15, 0.2) is 0 Å². The average molecular weight is 399 g/mol. The third kappa shape index (κ3) is 4.92. The summed E-state index contributed by atoms with van der Waals surface area (Å²) in [5.41, 5.74) is 1.56. The molecule has 2 aromatic carbocycles. The molecule has 1 aliphatic rings. The Morgan fingerprint density at radius 2 is 1.45 bits per heavy atom. The van der Waals surface area contributed by atoms with Crippen molar-refractivity contribution in [2.45, 2.75) is 0 Å². The Balaban J connectivity index is 1.50. The number of benzene rings is 2. The van der Waals surface area contributed by atoms with Crippen molar-refractivity contribution in [1.29, 1.82) is 0 Å². The molecule has 0 bridgehead atoms. The van der Waals surface area contributed by atoms with Crippen LogP contribution in [0.25, 0.3) is 0 Å². The third-order valence-electron chi connectivity index (χ3n) is 5.17. The molecule has 1 amide bonds. The highest BCUT2D eigenvalue weighted by molar-refractivity contribution is 5.99. The Morgan fingerprint density at radius 1 is 0.862 bits per heavy atom. The first kappa shape index (κ1) is 20.8. The molecular weight excluding hydrogens is 370 g/mol. The molecule has 7 nitrogen and oxygen atoms in total. The highest BCUT2D eigenvalue weighted by Gasteiger charge is 2.21. The maximum atomic E-state index is 12.6. The number of amides is 1. The van der Waals surface area contributed by atoms with E-state index in [9.17, 15) is 4.79 Å². The molecule has 1 fully saturated rings. The number of methoxy groups -OCH3 is 3. The lowest BCUT2D eigenvalue weighted by molar-refractivity contribution is 0.0941. The van der Waals surface area contributed by atoms with Gasteiger partial charge in [-0.05, 0) is 24.3 Å². The van der Waals surface area contributed by atoms with E-state index in [1.54, 1.807) is 39.5 Å². The lowest BCUT2D eigenvalue weighted by Gasteiger charge is -2.36. The number of para-hydroxylation sites is 2. The molecule has 0 aliphatic carbocycles. The van der Waals surface area contributed by atoms with E-state index in [2.05, 4.69) is 21.2 Å². The number of anilines is 1. The zero-order chi connectivity index (χ0) is 20.6. The summed E-state index contributed by atoms with van der Waals surface area (Å²) in [5, 5.41) is 2.98. The van der Waals surface area contributed by atoms with Gasteiger partial charge < -0.3 is 24.4 Å². The molecule has 0 saturated carbocycles. The van der Waals surface area contributed by atoms with Crippen molar-refractivity contribution in [3.63, 3.8) is 0 Å². The van der Waals surface area contributed by atoms with Gasteiger partial charge in [-0.15, -0.1) is 0 Å². The van der Waals surface area contributed by atoms with Gasteiger partial charge in [0.25, 0.3) is 5.91 Å². The van der Waals surface area contributed by atoms with Crippen molar-refractivity contribution >= 4 is 11.6 Å². The fourth-order valence-corrected chi connectivity index (χ4v) is 3.59. The Bertz CT molecular complexity index is 797. The SMILES string of the molecule is COc1ccccc1N1CCN(CCNC(=O)c2c(OC)cccc2OC)CC1. The molecule has 2 aromatic rings. The highest BCUT2D eigenvalue weighted by atomic mass is 16.5. The van der Waals surface area contributed by atoms with Crippen molar-refractivity contribution in [3.8, 4) is 17.2 Å². The number of ether oxygens (including phenoxy) is 3. The zero-order valence-electron chi connectivity index (χ0n) is 17.3. The summed E-state index contributed by atoms with van der Waals surface area (Å²) in [6.07, 6.45) is 0. The quantitative estimate of drug-likeness (QED) is 0.735. The fourth-order valence-electron chi connectivity index (χ4n) is 3.59. The van der Waals surface area contributed by atoms with Crippen molar-refractivity contribution in [2.24, 2.45) is 0 Å². The summed E-state index contributed by atoms with van der Waals surface area (Å²) in [6.45, 7) is 5.08. The first-order valence-electron chi connectivity index (χ1n) is 9.77. The smallest absolute Gasteiger partial charge is 0.258 e. The van der Waals surface area contributed by atoms with Gasteiger partial charge in [0.1, 0.15) is 22.8 Å². The molecule has 3 rings (SSSR count). The number of carbonyl (C=O) groups is 1. The van der Waals surface area contributed by atoms with Crippen LogP contribution in [0.3, 0.4) is 0 Å². The number of nitrogens with zero attached hydrogens (tertiary/aromatic N) is 2. The van der Waals surface area contributed by atoms with Crippen LogP contribution >= 0.6 is 0 Å². The van der Waals surface area contributed by atoms with Crippen LogP contribution in [0.1, 0.15) is 10.4 Å². The molecule has 0 atom stereocenters. The van der Waals surface area contributed by atoms with Crippen LogP contribution in [0.2, 0.25) is 0 Å². The van der Waals surface area contributed by atoms with Crippen molar-refractivity contribution < 1.29 is 19.0 Å². The van der Waals surface area contributed by atoms with Gasteiger partial charge in [-0.2, -0.15) is 0 Å². The highest BCUT2D eigenvalue weighted by Crippen LogP contribution is 2.29. The maximum absolute atomic E-state index is 12.6. The van der Waals surface area contributed by atoms with Crippen LogP contribution in [0.4, 0.5) is 5.69 Å². The molecule has 156 valence electrons. The minimum atomic E-state index is -0.188. The van der Waals surface area contributed by atoms with Crippen LogP contribution in [-0.4, -0.2) is 71.4 Å². The van der Waals surface area contributed by atoms with Crippen molar-refractivity contribution in [3.05, 3.63) is 48.0 Å². The van der Waals surface area contributed by atoms with Gasteiger partial charge in [-0.3, -0.25) is 9.69 Å². The molecular formula is C22H29N3O4. The van der Waals surface area contributed by atoms with Crippen molar-refractivity contribution in [1.82, 2.24) is 10.2 Å². The maximum Gasteiger partial charge on any atom is 0.258 e. The third-order valence-corrected chi connectivity index (χ3v) is 5.17. The van der Waals surface area contributed by atoms with E-state index in [1.165, 1.54) is 0 Å². The van der Waals surface area contributed by atoms with Crippen LogP contribution in [0, 0.1) is 0 Å². The minimum Gasteiger partial charge on any atom is -0.496 e. The summed E-state index contributed by atoms with van der Waals surface area (Å²) < 4.78 is 16.1. The van der Waals surface area contributed by atoms with E-state index in [-0.39, 0.29) is 5.91 Å². The number of piperazine rings is 1. The van der Waals surface area contributed by atoms with Gasteiger partial charge in [0.05, 0.1) is 27.0 Å². The minimum absolute atomic E-state index is 0.188. The summed E-state index contributed by atoms with van der Waals surface area (Å²) in [5.74, 6) is 1.73. The molecule has 0 radical (unpaired) electrons. The molecule has 1 heterocycles. The number of hydrogen-bond acceptors (Lipinski definition) is 6. The van der Waals surface area contributed by atoms with Gasteiger partial charge in [0, 0.05) is 39.3 Å². The van der Waals surface area contributed by atoms with Crippen LogP contribution in [0.15, 0.2) is 42.5 Å². The van der Waals surface area contributed by atoms with Gasteiger partial charge in [-0.1, -0.05) is 18.2 Å². The molecule has 1 N–H and O–H groups in total. The molecule has 1 aliphatic heterocycles. The second-order valence-electron chi connectivity index (χ2n) is 6.79. The first-order valence-corrected chi connectivity index (χ1v) is 9.77. The average Bonchev–Trinajstić information content (AvgIpc) is 2.78. The molecule has 29 heavy (non-hydrogen) atoms. The van der Waals surface area contributed by atoms with Gasteiger partial charge >= 0.3 is 0 Å². The Morgan fingerprint density at radius 3 is 2.07 bits per heavy atom. The fraction of sp³-hybridized carbons (Fsp3) is 0.409. The monoisotopic (exact) mass is 399 g/mol. The van der Waals surface area contributed by atoms with E-state index in [4.69, 9.17) is 14.2 Å². The summed E-state index contributed by atoms with van der Waals surface area (Å²) >= 11 is 0. The molecule has 0 spiro atoms. The van der Waals surface area contributed by atoms with E-state index in [0.717, 1.165) is 44.2 Å². The van der Waals surface area contributed by atoms with E-state index >= 15 is 0 Å². The predicted octanol–water partition coefficient (Wildman–Crippen LogP) is 2.26. The Kier molecular flexibility index (Phi) is 7.19. The van der Waals surface area contributed by atoms with Gasteiger partial charge in [-0.25, -0.2) is 0 Å². The summed E-state index contributed by atoms with van der Waals surface area (Å²) in [7, 11) is 4.80. The Labute approximate surface area is 172 Å². The van der Waals surface area contributed by atoms with E-state index < -0.39 is 0 Å². The van der Waals surface area contributed by atoms with E-state index in [0.29, 0.717) is 23.6 Å². The van der Waals surface area contributed by atoms with Gasteiger partial charge in [0.2, 0.25) is 0 Å². The summed E-state index contributed by atoms with van der Waals surface area (Å²) in [4.78, 5) is 17.3. The summed E-state index contributed by atoms with van der Waals surface area (Å²) in [6, 6.07) is 13.4. The lowest BCUT2D eigenvalue weighted by Crippen LogP contribution is -2.48. The molecule has 7 heteroatoms. The largest absolute Gasteiger partial charge is 0.496 e. The standard InChI is InChI=1S/C22H29N3O4/c1-27-18-8-5-4-7-17(18)25-15-13-24(14-16-25)12-11-23-22(26)21-19(28-2)9-6-10-20(21)29-3/h4-10H,11-16H2,1-3H3,(H,23,26). The number of hydrogen-bond donors (Lipinski definition) is 1. The first-order chi connectivity index (χ1) is 14.2. The van der Waals surface area contributed by atoms with Crippen molar-refractivity contribution in [2.75, 3.05) is 65.5 Å². The second-order valence-corrected chi connectivity index (χ2v) is 6.79. The number of rotatable bonds is 8. The number of nitrogens with one attached hydrogen (secondary N) is 1. The van der Waals surface area contributed by atoms with Crippen LogP contribution < -0.4 is 24.4 Å². The number of carbonyl (C=O) groups excluding carboxylic acids is 1. The normalized spacial score (nSPS) is 14.4. The second kappa shape index (κ2) is 10.0. The van der Waals surface area contributed by atoms with Crippen LogP contribution in [-0.2, 0) is 0 Å². The molecule has 1 saturated heterocycles. The zero-order valence-corrected chi connectivity index (χ0v) is 17.3. The lowest BCUT2D eigenvalue weighted by atomic mass is 10.1. The van der Waals surface area contributed by atoms with Crippen LogP contribution in [0.5, 0.6) is 17.2 Å². The Hall–Kier alpha value is -2.93. The molecule has 0 aromatic heterocycles. The predicted molar refractivity (Wildman–Crippen MR) is 114 cm³/mol. The molecule has 0 unspecified atom stereocenters. The topological polar surface area (TPSA) is 63.3 Å².